The molecular formula is C22H33N. The molecule has 0 aromatic heterocycles. The van der Waals surface area contributed by atoms with Crippen LogP contribution in [0.25, 0.3) is 0 Å². The summed E-state index contributed by atoms with van der Waals surface area (Å²) in [6.45, 7) is 2.68. The second-order valence-corrected chi connectivity index (χ2v) is 8.51. The Morgan fingerprint density at radius 2 is 1.17 bits per heavy atom. The van der Waals surface area contributed by atoms with E-state index in [0.717, 1.165) is 5.41 Å². The van der Waals surface area contributed by atoms with Crippen molar-refractivity contribution in [3.05, 3.63) is 35.9 Å². The first-order valence-corrected chi connectivity index (χ1v) is 10.1. The Morgan fingerprint density at radius 3 is 1.78 bits per heavy atom. The molecule has 126 valence electrons. The Hall–Kier alpha value is -0.820. The summed E-state index contributed by atoms with van der Waals surface area (Å²) in [5.74, 6) is 0. The van der Waals surface area contributed by atoms with Crippen molar-refractivity contribution in [1.82, 2.24) is 4.90 Å². The van der Waals surface area contributed by atoms with E-state index in [9.17, 15) is 0 Å². The summed E-state index contributed by atoms with van der Waals surface area (Å²) < 4.78 is 0. The zero-order valence-electron chi connectivity index (χ0n) is 14.7. The first-order valence-electron chi connectivity index (χ1n) is 10.1. The van der Waals surface area contributed by atoms with E-state index in [0.29, 0.717) is 5.54 Å². The van der Waals surface area contributed by atoms with Gasteiger partial charge in [-0.2, -0.15) is 0 Å². The highest BCUT2D eigenvalue weighted by atomic mass is 15.2. The molecule has 0 amide bonds. The highest BCUT2D eigenvalue weighted by Crippen LogP contribution is 2.49. The van der Waals surface area contributed by atoms with E-state index in [1.165, 1.54) is 90.1 Å². The molecule has 0 atom stereocenters. The summed E-state index contributed by atoms with van der Waals surface area (Å²) in [6.07, 6.45) is 17.4. The number of rotatable bonds is 2. The molecule has 0 bridgehead atoms. The lowest BCUT2D eigenvalue weighted by atomic mass is 9.66. The Balaban J connectivity index is 1.54. The molecule has 1 heterocycles. The molecule has 1 heteroatoms. The van der Waals surface area contributed by atoms with Crippen LogP contribution in [0.15, 0.2) is 30.3 Å². The van der Waals surface area contributed by atoms with E-state index < -0.39 is 0 Å². The third-order valence-electron chi connectivity index (χ3n) is 7.34. The maximum absolute atomic E-state index is 2.90. The lowest BCUT2D eigenvalue weighted by Crippen LogP contribution is -2.53. The highest BCUT2D eigenvalue weighted by molar-refractivity contribution is 5.25. The van der Waals surface area contributed by atoms with Crippen LogP contribution < -0.4 is 0 Å². The normalized spacial score (nSPS) is 27.8. The second-order valence-electron chi connectivity index (χ2n) is 8.51. The topological polar surface area (TPSA) is 3.24 Å². The Labute approximate surface area is 142 Å². The molecule has 23 heavy (non-hydrogen) atoms. The van der Waals surface area contributed by atoms with Crippen LogP contribution in [0.1, 0.15) is 82.6 Å². The predicted octanol–water partition coefficient (Wildman–Crippen LogP) is 5.89. The van der Waals surface area contributed by atoms with E-state index in [-0.39, 0.29) is 0 Å². The molecule has 1 nitrogen and oxygen atoms in total. The maximum atomic E-state index is 2.90. The lowest BCUT2D eigenvalue weighted by molar-refractivity contribution is -0.0205. The minimum Gasteiger partial charge on any atom is -0.294 e. The molecule has 1 aliphatic heterocycles. The standard InChI is InChI=1S/C22H33N/c1-4-10-20(11-5-1)22(14-8-3-9-15-22)23-18-16-21(17-19-23)12-6-2-7-13-21/h1,4-5,10-11H,2-3,6-9,12-19H2. The molecule has 1 spiro atoms. The molecule has 1 aromatic carbocycles. The molecule has 0 unspecified atom stereocenters. The van der Waals surface area contributed by atoms with Gasteiger partial charge in [-0.25, -0.2) is 0 Å². The monoisotopic (exact) mass is 311 g/mol. The van der Waals surface area contributed by atoms with E-state index in [4.69, 9.17) is 0 Å². The van der Waals surface area contributed by atoms with Gasteiger partial charge in [0.15, 0.2) is 0 Å². The lowest BCUT2D eigenvalue weighted by Gasteiger charge is -2.53. The SMILES string of the molecule is c1ccc(C2(N3CCC4(CCCCC4)CC3)CCCCC2)cc1. The first kappa shape index (κ1) is 15.7. The van der Waals surface area contributed by atoms with Gasteiger partial charge in [0.2, 0.25) is 0 Å². The van der Waals surface area contributed by atoms with Crippen molar-refractivity contribution in [2.75, 3.05) is 13.1 Å². The zero-order chi connectivity index (χ0) is 15.6. The minimum absolute atomic E-state index is 0.357. The third-order valence-corrected chi connectivity index (χ3v) is 7.34. The quantitative estimate of drug-likeness (QED) is 0.658. The fourth-order valence-corrected chi connectivity index (χ4v) is 5.88. The average Bonchev–Trinajstić information content (AvgIpc) is 2.64. The van der Waals surface area contributed by atoms with Gasteiger partial charge in [-0.1, -0.05) is 68.9 Å². The second kappa shape index (κ2) is 6.59. The van der Waals surface area contributed by atoms with Gasteiger partial charge in [0.05, 0.1) is 0 Å². The van der Waals surface area contributed by atoms with Crippen molar-refractivity contribution < 1.29 is 0 Å². The van der Waals surface area contributed by atoms with Crippen molar-refractivity contribution in [1.29, 1.82) is 0 Å². The van der Waals surface area contributed by atoms with E-state index in [2.05, 4.69) is 35.2 Å². The van der Waals surface area contributed by atoms with Gasteiger partial charge in [-0.3, -0.25) is 4.90 Å². The summed E-state index contributed by atoms with van der Waals surface area (Å²) in [5.41, 5.74) is 2.68. The first-order chi connectivity index (χ1) is 11.3. The van der Waals surface area contributed by atoms with Crippen molar-refractivity contribution >= 4 is 0 Å². The average molecular weight is 312 g/mol. The van der Waals surface area contributed by atoms with Gasteiger partial charge in [-0.15, -0.1) is 0 Å². The van der Waals surface area contributed by atoms with E-state index in [1.807, 2.05) is 0 Å². The molecule has 0 radical (unpaired) electrons. The largest absolute Gasteiger partial charge is 0.294 e. The number of nitrogens with zero attached hydrogens (tertiary/aromatic N) is 1. The van der Waals surface area contributed by atoms with Crippen molar-refractivity contribution in [3.8, 4) is 0 Å². The van der Waals surface area contributed by atoms with Crippen LogP contribution in [-0.4, -0.2) is 18.0 Å². The molecular weight excluding hydrogens is 278 g/mol. The zero-order valence-corrected chi connectivity index (χ0v) is 14.7. The maximum Gasteiger partial charge on any atom is 0.0460 e. The summed E-state index contributed by atoms with van der Waals surface area (Å²) in [7, 11) is 0. The van der Waals surface area contributed by atoms with Crippen LogP contribution in [-0.2, 0) is 5.54 Å². The third kappa shape index (κ3) is 2.97. The van der Waals surface area contributed by atoms with Gasteiger partial charge < -0.3 is 0 Å². The minimum atomic E-state index is 0.357. The molecule has 1 aromatic rings. The Kier molecular flexibility index (Phi) is 4.50. The van der Waals surface area contributed by atoms with Gasteiger partial charge in [0.25, 0.3) is 0 Å². The number of piperidine rings is 1. The van der Waals surface area contributed by atoms with Crippen molar-refractivity contribution in [2.24, 2.45) is 5.41 Å². The van der Waals surface area contributed by atoms with Crippen LogP contribution in [0.4, 0.5) is 0 Å². The van der Waals surface area contributed by atoms with Crippen molar-refractivity contribution in [2.45, 2.75) is 82.6 Å². The molecule has 0 N–H and O–H groups in total. The molecule has 4 rings (SSSR count). The van der Waals surface area contributed by atoms with Crippen LogP contribution in [0.3, 0.4) is 0 Å². The van der Waals surface area contributed by atoms with Gasteiger partial charge >= 0.3 is 0 Å². The summed E-state index contributed by atoms with van der Waals surface area (Å²) >= 11 is 0. The fraction of sp³-hybridized carbons (Fsp3) is 0.727. The Bertz CT molecular complexity index is 484. The smallest absolute Gasteiger partial charge is 0.0460 e. The van der Waals surface area contributed by atoms with Crippen LogP contribution >= 0.6 is 0 Å². The summed E-state index contributed by atoms with van der Waals surface area (Å²) in [6, 6.07) is 11.5. The van der Waals surface area contributed by atoms with Crippen LogP contribution in [0.5, 0.6) is 0 Å². The number of hydrogen-bond donors (Lipinski definition) is 0. The number of hydrogen-bond acceptors (Lipinski definition) is 1. The van der Waals surface area contributed by atoms with Crippen molar-refractivity contribution in [3.63, 3.8) is 0 Å². The van der Waals surface area contributed by atoms with Gasteiger partial charge in [0, 0.05) is 5.54 Å². The summed E-state index contributed by atoms with van der Waals surface area (Å²) in [4.78, 5) is 2.90. The predicted molar refractivity (Wildman–Crippen MR) is 97.5 cm³/mol. The number of likely N-dealkylation sites (tertiary alicyclic amines) is 1. The number of benzene rings is 1. The fourth-order valence-electron chi connectivity index (χ4n) is 5.88. The van der Waals surface area contributed by atoms with E-state index in [1.54, 1.807) is 5.56 Å². The summed E-state index contributed by atoms with van der Waals surface area (Å²) in [5, 5.41) is 0. The van der Waals surface area contributed by atoms with E-state index >= 15 is 0 Å². The molecule has 3 fully saturated rings. The Morgan fingerprint density at radius 1 is 0.609 bits per heavy atom. The molecule has 2 saturated carbocycles. The highest BCUT2D eigenvalue weighted by Gasteiger charge is 2.44. The molecule has 1 saturated heterocycles. The van der Waals surface area contributed by atoms with Crippen LogP contribution in [0.2, 0.25) is 0 Å². The van der Waals surface area contributed by atoms with Crippen LogP contribution in [0, 0.1) is 5.41 Å². The van der Waals surface area contributed by atoms with Gasteiger partial charge in [-0.05, 0) is 62.6 Å². The molecule has 3 aliphatic rings. The molecule has 2 aliphatic carbocycles. The van der Waals surface area contributed by atoms with Gasteiger partial charge in [0.1, 0.15) is 0 Å².